The third-order valence-electron chi connectivity index (χ3n) is 2.96. The van der Waals surface area contributed by atoms with Crippen molar-refractivity contribution in [2.45, 2.75) is 40.0 Å². The van der Waals surface area contributed by atoms with Crippen molar-refractivity contribution in [1.29, 1.82) is 0 Å². The predicted octanol–water partition coefficient (Wildman–Crippen LogP) is 4.14. The monoisotopic (exact) mass is 263 g/mol. The van der Waals surface area contributed by atoms with Crippen LogP contribution in [0.5, 0.6) is 5.75 Å². The van der Waals surface area contributed by atoms with Gasteiger partial charge < -0.3 is 10.1 Å². The summed E-state index contributed by atoms with van der Waals surface area (Å²) in [6.07, 6.45) is 2.83. The van der Waals surface area contributed by atoms with Gasteiger partial charge in [0.05, 0.1) is 12.8 Å². The number of anilines is 1. The number of hydrogen-bond acceptors (Lipinski definition) is 3. The number of benzene rings is 1. The highest BCUT2D eigenvalue weighted by molar-refractivity contribution is 5.97. The summed E-state index contributed by atoms with van der Waals surface area (Å²) in [6.45, 7) is 7.17. The molecule has 19 heavy (non-hydrogen) atoms. The number of ketones is 1. The molecule has 0 saturated heterocycles. The first-order valence-electron chi connectivity index (χ1n) is 7.03. The Morgan fingerprint density at radius 2 is 2.11 bits per heavy atom. The summed E-state index contributed by atoms with van der Waals surface area (Å²) in [5, 5.41) is 3.34. The quantitative estimate of drug-likeness (QED) is 0.566. The van der Waals surface area contributed by atoms with Crippen molar-refractivity contribution < 1.29 is 9.53 Å². The van der Waals surface area contributed by atoms with E-state index in [9.17, 15) is 4.79 Å². The fourth-order valence-corrected chi connectivity index (χ4v) is 1.91. The molecule has 0 unspecified atom stereocenters. The SMILES string of the molecule is CCCCNc1cc(C(=O)CC(C)C)ccc1OC. The van der Waals surface area contributed by atoms with Gasteiger partial charge in [0.25, 0.3) is 0 Å². The van der Waals surface area contributed by atoms with Gasteiger partial charge in [-0.3, -0.25) is 4.79 Å². The molecule has 1 aromatic carbocycles. The molecule has 3 nitrogen and oxygen atoms in total. The molecule has 1 aromatic rings. The van der Waals surface area contributed by atoms with Gasteiger partial charge in [0.15, 0.2) is 5.78 Å². The molecular weight excluding hydrogens is 238 g/mol. The highest BCUT2D eigenvalue weighted by Gasteiger charge is 2.11. The van der Waals surface area contributed by atoms with Crippen LogP contribution in [-0.2, 0) is 0 Å². The molecule has 0 atom stereocenters. The van der Waals surface area contributed by atoms with Gasteiger partial charge in [0.1, 0.15) is 5.75 Å². The topological polar surface area (TPSA) is 38.3 Å². The van der Waals surface area contributed by atoms with Crippen LogP contribution < -0.4 is 10.1 Å². The van der Waals surface area contributed by atoms with Crippen LogP contribution in [0.25, 0.3) is 0 Å². The van der Waals surface area contributed by atoms with Gasteiger partial charge in [-0.05, 0) is 30.5 Å². The minimum atomic E-state index is 0.191. The Balaban J connectivity index is 2.84. The molecule has 0 aliphatic rings. The first-order valence-corrected chi connectivity index (χ1v) is 7.03. The van der Waals surface area contributed by atoms with Crippen molar-refractivity contribution in [1.82, 2.24) is 0 Å². The second kappa shape index (κ2) is 7.82. The number of nitrogens with one attached hydrogen (secondary N) is 1. The summed E-state index contributed by atoms with van der Waals surface area (Å²) in [6, 6.07) is 5.61. The van der Waals surface area contributed by atoms with Gasteiger partial charge in [-0.1, -0.05) is 27.2 Å². The van der Waals surface area contributed by atoms with Gasteiger partial charge >= 0.3 is 0 Å². The molecule has 0 amide bonds. The lowest BCUT2D eigenvalue weighted by Crippen LogP contribution is -2.07. The fraction of sp³-hybridized carbons (Fsp3) is 0.562. The second-order valence-corrected chi connectivity index (χ2v) is 5.22. The zero-order chi connectivity index (χ0) is 14.3. The summed E-state index contributed by atoms with van der Waals surface area (Å²) in [7, 11) is 1.65. The number of unbranched alkanes of at least 4 members (excludes halogenated alkanes) is 1. The van der Waals surface area contributed by atoms with Gasteiger partial charge in [-0.25, -0.2) is 0 Å². The highest BCUT2D eigenvalue weighted by Crippen LogP contribution is 2.26. The molecule has 1 N–H and O–H groups in total. The standard InChI is InChI=1S/C16H25NO2/c1-5-6-9-17-14-11-13(7-8-16(14)19-4)15(18)10-12(2)3/h7-8,11-12,17H,5-6,9-10H2,1-4H3. The zero-order valence-corrected chi connectivity index (χ0v) is 12.5. The molecule has 0 spiro atoms. The normalized spacial score (nSPS) is 10.6. The summed E-state index contributed by atoms with van der Waals surface area (Å²) >= 11 is 0. The van der Waals surface area contributed by atoms with Crippen LogP contribution in [0.1, 0.15) is 50.4 Å². The van der Waals surface area contributed by atoms with Gasteiger partial charge in [0, 0.05) is 18.5 Å². The van der Waals surface area contributed by atoms with E-state index in [4.69, 9.17) is 4.74 Å². The van der Waals surface area contributed by atoms with Gasteiger partial charge in [-0.2, -0.15) is 0 Å². The number of rotatable bonds is 8. The van der Waals surface area contributed by atoms with Gasteiger partial charge in [0.2, 0.25) is 0 Å². The van der Waals surface area contributed by atoms with Crippen LogP contribution in [-0.4, -0.2) is 19.4 Å². The summed E-state index contributed by atoms with van der Waals surface area (Å²) in [4.78, 5) is 12.1. The van der Waals surface area contributed by atoms with Crippen LogP contribution in [0.2, 0.25) is 0 Å². The van der Waals surface area contributed by atoms with E-state index in [-0.39, 0.29) is 5.78 Å². The van der Waals surface area contributed by atoms with E-state index in [0.717, 1.165) is 36.4 Å². The number of hydrogen-bond donors (Lipinski definition) is 1. The Labute approximate surface area is 116 Å². The molecule has 0 aliphatic heterocycles. The maximum Gasteiger partial charge on any atom is 0.163 e. The predicted molar refractivity (Wildman–Crippen MR) is 80.2 cm³/mol. The Morgan fingerprint density at radius 3 is 2.68 bits per heavy atom. The fourth-order valence-electron chi connectivity index (χ4n) is 1.91. The maximum absolute atomic E-state index is 12.1. The molecule has 0 saturated carbocycles. The summed E-state index contributed by atoms with van der Waals surface area (Å²) < 4.78 is 5.32. The molecule has 0 fully saturated rings. The Hall–Kier alpha value is -1.51. The van der Waals surface area contributed by atoms with E-state index < -0.39 is 0 Å². The lowest BCUT2D eigenvalue weighted by atomic mass is 10.0. The number of Topliss-reactive ketones (excluding diaryl/α,β-unsaturated/α-hetero) is 1. The number of carbonyl (C=O) groups excluding carboxylic acids is 1. The molecular formula is C16H25NO2. The van der Waals surface area contributed by atoms with E-state index in [0.29, 0.717) is 12.3 Å². The van der Waals surface area contributed by atoms with Crippen molar-refractivity contribution in [2.24, 2.45) is 5.92 Å². The molecule has 3 heteroatoms. The number of ether oxygens (including phenoxy) is 1. The molecule has 1 rings (SSSR count). The molecule has 106 valence electrons. The number of carbonyl (C=O) groups is 1. The lowest BCUT2D eigenvalue weighted by Gasteiger charge is -2.13. The van der Waals surface area contributed by atoms with Crippen LogP contribution in [0.3, 0.4) is 0 Å². The lowest BCUT2D eigenvalue weighted by molar-refractivity contribution is 0.0968. The summed E-state index contributed by atoms with van der Waals surface area (Å²) in [5.74, 6) is 1.36. The maximum atomic E-state index is 12.1. The minimum Gasteiger partial charge on any atom is -0.495 e. The van der Waals surface area contributed by atoms with Gasteiger partial charge in [-0.15, -0.1) is 0 Å². The smallest absolute Gasteiger partial charge is 0.163 e. The summed E-state index contributed by atoms with van der Waals surface area (Å²) in [5.41, 5.74) is 1.67. The van der Waals surface area contributed by atoms with Crippen molar-refractivity contribution in [3.05, 3.63) is 23.8 Å². The van der Waals surface area contributed by atoms with E-state index in [2.05, 4.69) is 26.1 Å². The third-order valence-corrected chi connectivity index (χ3v) is 2.96. The molecule has 0 heterocycles. The van der Waals surface area contributed by atoms with Crippen molar-refractivity contribution in [3.63, 3.8) is 0 Å². The van der Waals surface area contributed by atoms with Crippen LogP contribution in [0, 0.1) is 5.92 Å². The molecule has 0 aliphatic carbocycles. The largest absolute Gasteiger partial charge is 0.495 e. The van der Waals surface area contributed by atoms with E-state index >= 15 is 0 Å². The van der Waals surface area contributed by atoms with Crippen molar-refractivity contribution in [3.8, 4) is 5.75 Å². The number of methoxy groups -OCH3 is 1. The highest BCUT2D eigenvalue weighted by atomic mass is 16.5. The van der Waals surface area contributed by atoms with E-state index in [1.807, 2.05) is 18.2 Å². The van der Waals surface area contributed by atoms with Crippen molar-refractivity contribution in [2.75, 3.05) is 19.0 Å². The van der Waals surface area contributed by atoms with Crippen molar-refractivity contribution >= 4 is 11.5 Å². The average molecular weight is 263 g/mol. The van der Waals surface area contributed by atoms with Crippen LogP contribution in [0.15, 0.2) is 18.2 Å². The third kappa shape index (κ3) is 4.93. The molecule has 0 aromatic heterocycles. The second-order valence-electron chi connectivity index (χ2n) is 5.22. The van der Waals surface area contributed by atoms with E-state index in [1.54, 1.807) is 7.11 Å². The van der Waals surface area contributed by atoms with E-state index in [1.165, 1.54) is 0 Å². The first kappa shape index (κ1) is 15.5. The Morgan fingerprint density at radius 1 is 1.37 bits per heavy atom. The minimum absolute atomic E-state index is 0.191. The van der Waals surface area contributed by atoms with Crippen LogP contribution in [0.4, 0.5) is 5.69 Å². The van der Waals surface area contributed by atoms with Crippen LogP contribution >= 0.6 is 0 Å². The first-order chi connectivity index (χ1) is 9.08. The molecule has 0 bridgehead atoms. The molecule has 0 radical (unpaired) electrons. The Kier molecular flexibility index (Phi) is 6.40. The average Bonchev–Trinajstić information content (AvgIpc) is 2.38. The Bertz CT molecular complexity index is 413. The zero-order valence-electron chi connectivity index (χ0n) is 12.5.